The minimum absolute atomic E-state index is 0.157. The molecule has 0 saturated carbocycles. The predicted octanol–water partition coefficient (Wildman–Crippen LogP) is 1.74. The van der Waals surface area contributed by atoms with Crippen molar-refractivity contribution in [3.05, 3.63) is 24.3 Å². The minimum atomic E-state index is -4.58. The average Bonchev–Trinajstić information content (AvgIpc) is 2.29. The Bertz CT molecular complexity index is 462. The number of halogens is 2. The predicted molar refractivity (Wildman–Crippen MR) is 60.0 cm³/mol. The molecule has 0 fully saturated rings. The maximum atomic E-state index is 12.4. The molecule has 0 aliphatic carbocycles. The Morgan fingerprint density at radius 2 is 2.00 bits per heavy atom. The van der Waals surface area contributed by atoms with E-state index in [4.69, 9.17) is 4.74 Å². The van der Waals surface area contributed by atoms with Crippen molar-refractivity contribution in [1.82, 2.24) is 0 Å². The summed E-state index contributed by atoms with van der Waals surface area (Å²) in [6.07, 6.45) is 0. The number of hydrogen-bond donors (Lipinski definition) is 1. The number of alkyl halides is 2. The van der Waals surface area contributed by atoms with Crippen molar-refractivity contribution in [1.29, 1.82) is 0 Å². The zero-order valence-corrected chi connectivity index (χ0v) is 10.0. The molecule has 0 heterocycles. The summed E-state index contributed by atoms with van der Waals surface area (Å²) in [5, 5.41) is 2.74. The Morgan fingerprint density at radius 3 is 2.59 bits per heavy atom. The highest BCUT2D eigenvalue weighted by Gasteiger charge is 2.28. The van der Waals surface area contributed by atoms with Crippen LogP contribution in [0.2, 0.25) is 0 Å². The number of ether oxygens (including phenoxy) is 1. The fourth-order valence-corrected chi connectivity index (χ4v) is 2.15. The quantitative estimate of drug-likeness (QED) is 0.796. The SMILES string of the molecule is COCCNc1ccccc1S(=O)(=O)C(F)F. The zero-order chi connectivity index (χ0) is 12.9. The molecule has 0 amide bonds. The Morgan fingerprint density at radius 1 is 1.35 bits per heavy atom. The van der Waals surface area contributed by atoms with E-state index in [9.17, 15) is 17.2 Å². The first-order chi connectivity index (χ1) is 8.00. The highest BCUT2D eigenvalue weighted by Crippen LogP contribution is 2.25. The van der Waals surface area contributed by atoms with Gasteiger partial charge < -0.3 is 10.1 Å². The topological polar surface area (TPSA) is 55.4 Å². The number of para-hydroxylation sites is 1. The van der Waals surface area contributed by atoms with Crippen LogP contribution in [0.15, 0.2) is 29.2 Å². The van der Waals surface area contributed by atoms with E-state index < -0.39 is 20.5 Å². The second-order valence-electron chi connectivity index (χ2n) is 3.22. The van der Waals surface area contributed by atoms with Crippen molar-refractivity contribution in [2.75, 3.05) is 25.6 Å². The molecule has 0 atom stereocenters. The van der Waals surface area contributed by atoms with Gasteiger partial charge in [0.05, 0.1) is 17.2 Å². The lowest BCUT2D eigenvalue weighted by atomic mass is 10.3. The van der Waals surface area contributed by atoms with Crippen molar-refractivity contribution in [2.24, 2.45) is 0 Å². The molecule has 1 aromatic rings. The second-order valence-corrected chi connectivity index (χ2v) is 5.11. The minimum Gasteiger partial charge on any atom is -0.383 e. The third kappa shape index (κ3) is 3.37. The first-order valence-electron chi connectivity index (χ1n) is 4.84. The molecule has 0 aromatic heterocycles. The molecule has 0 spiro atoms. The molecule has 0 saturated heterocycles. The monoisotopic (exact) mass is 265 g/mol. The number of rotatable bonds is 6. The van der Waals surface area contributed by atoms with Gasteiger partial charge in [-0.2, -0.15) is 8.78 Å². The summed E-state index contributed by atoms with van der Waals surface area (Å²) >= 11 is 0. The van der Waals surface area contributed by atoms with Gasteiger partial charge in [-0.3, -0.25) is 0 Å². The maximum Gasteiger partial charge on any atom is 0.341 e. The third-order valence-electron chi connectivity index (χ3n) is 2.05. The van der Waals surface area contributed by atoms with Crippen LogP contribution in [-0.4, -0.2) is 34.4 Å². The molecule has 0 aliphatic rings. The first kappa shape index (κ1) is 13.9. The van der Waals surface area contributed by atoms with Crippen LogP contribution in [0.4, 0.5) is 14.5 Å². The van der Waals surface area contributed by atoms with Crippen molar-refractivity contribution in [2.45, 2.75) is 10.7 Å². The maximum absolute atomic E-state index is 12.4. The average molecular weight is 265 g/mol. The van der Waals surface area contributed by atoms with Gasteiger partial charge >= 0.3 is 5.76 Å². The molecule has 4 nitrogen and oxygen atoms in total. The number of benzene rings is 1. The van der Waals surface area contributed by atoms with Gasteiger partial charge in [0.1, 0.15) is 0 Å². The van der Waals surface area contributed by atoms with Crippen LogP contribution < -0.4 is 5.32 Å². The van der Waals surface area contributed by atoms with Gasteiger partial charge in [0.25, 0.3) is 0 Å². The highest BCUT2D eigenvalue weighted by atomic mass is 32.2. The molecule has 0 bridgehead atoms. The van der Waals surface area contributed by atoms with Gasteiger partial charge in [0, 0.05) is 13.7 Å². The highest BCUT2D eigenvalue weighted by molar-refractivity contribution is 7.91. The Labute approximate surface area is 98.5 Å². The summed E-state index contributed by atoms with van der Waals surface area (Å²) in [5.74, 6) is -3.42. The number of sulfone groups is 1. The molecule has 1 aromatic carbocycles. The molecular weight excluding hydrogens is 252 g/mol. The summed E-state index contributed by atoms with van der Waals surface area (Å²) in [7, 11) is -3.09. The molecule has 7 heteroatoms. The standard InChI is InChI=1S/C10H13F2NO3S/c1-16-7-6-13-8-4-2-3-5-9(8)17(14,15)10(11)12/h2-5,10,13H,6-7H2,1H3. The van der Waals surface area contributed by atoms with E-state index >= 15 is 0 Å². The summed E-state index contributed by atoms with van der Waals surface area (Å²) in [5.41, 5.74) is 0.157. The van der Waals surface area contributed by atoms with E-state index in [0.717, 1.165) is 6.07 Å². The van der Waals surface area contributed by atoms with Crippen molar-refractivity contribution < 1.29 is 21.9 Å². The number of hydrogen-bond acceptors (Lipinski definition) is 4. The van der Waals surface area contributed by atoms with Gasteiger partial charge in [-0.25, -0.2) is 8.42 Å². The normalized spacial score (nSPS) is 11.8. The van der Waals surface area contributed by atoms with Crippen LogP contribution in [0.1, 0.15) is 0 Å². The lowest BCUT2D eigenvalue weighted by Gasteiger charge is -2.11. The number of methoxy groups -OCH3 is 1. The van der Waals surface area contributed by atoms with Gasteiger partial charge in [0.15, 0.2) is 0 Å². The summed E-state index contributed by atoms with van der Waals surface area (Å²) in [6, 6.07) is 5.55. The van der Waals surface area contributed by atoms with Crippen molar-refractivity contribution >= 4 is 15.5 Å². The molecule has 1 rings (SSSR count). The van der Waals surface area contributed by atoms with E-state index in [-0.39, 0.29) is 5.69 Å². The number of nitrogens with one attached hydrogen (secondary N) is 1. The van der Waals surface area contributed by atoms with E-state index in [1.807, 2.05) is 0 Å². The molecular formula is C10H13F2NO3S. The fourth-order valence-electron chi connectivity index (χ4n) is 1.24. The van der Waals surface area contributed by atoms with E-state index in [1.165, 1.54) is 19.2 Å². The van der Waals surface area contributed by atoms with Crippen LogP contribution in [-0.2, 0) is 14.6 Å². The van der Waals surface area contributed by atoms with E-state index in [2.05, 4.69) is 5.32 Å². The zero-order valence-electron chi connectivity index (χ0n) is 9.19. The van der Waals surface area contributed by atoms with Crippen LogP contribution in [0.25, 0.3) is 0 Å². The lowest BCUT2D eigenvalue weighted by Crippen LogP contribution is -2.15. The molecule has 0 radical (unpaired) electrons. The fraction of sp³-hybridized carbons (Fsp3) is 0.400. The summed E-state index contributed by atoms with van der Waals surface area (Å²) in [6.45, 7) is 0.690. The van der Waals surface area contributed by atoms with Crippen molar-refractivity contribution in [3.8, 4) is 0 Å². The van der Waals surface area contributed by atoms with Crippen LogP contribution >= 0.6 is 0 Å². The third-order valence-corrected chi connectivity index (χ3v) is 3.49. The summed E-state index contributed by atoms with van der Waals surface area (Å²) in [4.78, 5) is -0.397. The molecule has 0 aliphatic heterocycles. The lowest BCUT2D eigenvalue weighted by molar-refractivity contribution is 0.210. The Kier molecular flexibility index (Phi) is 4.83. The van der Waals surface area contributed by atoms with Gasteiger partial charge in [-0.1, -0.05) is 12.1 Å². The van der Waals surface area contributed by atoms with Crippen LogP contribution in [0, 0.1) is 0 Å². The Balaban J connectivity index is 3.00. The van der Waals surface area contributed by atoms with Gasteiger partial charge in [-0.05, 0) is 12.1 Å². The van der Waals surface area contributed by atoms with E-state index in [0.29, 0.717) is 13.2 Å². The molecule has 1 N–H and O–H groups in total. The van der Waals surface area contributed by atoms with Crippen LogP contribution in [0.5, 0.6) is 0 Å². The smallest absolute Gasteiger partial charge is 0.341 e. The second kappa shape index (κ2) is 5.92. The van der Waals surface area contributed by atoms with E-state index in [1.54, 1.807) is 6.07 Å². The Hall–Kier alpha value is -1.21. The summed E-state index contributed by atoms with van der Waals surface area (Å²) < 4.78 is 52.4. The molecule has 0 unspecified atom stereocenters. The molecule has 17 heavy (non-hydrogen) atoms. The van der Waals surface area contributed by atoms with Gasteiger partial charge in [-0.15, -0.1) is 0 Å². The number of anilines is 1. The van der Waals surface area contributed by atoms with Crippen molar-refractivity contribution in [3.63, 3.8) is 0 Å². The molecule has 96 valence electrons. The largest absolute Gasteiger partial charge is 0.383 e. The van der Waals surface area contributed by atoms with Crippen LogP contribution in [0.3, 0.4) is 0 Å². The van der Waals surface area contributed by atoms with Gasteiger partial charge in [0.2, 0.25) is 9.84 Å². The first-order valence-corrected chi connectivity index (χ1v) is 6.38.